The van der Waals surface area contributed by atoms with Gasteiger partial charge in [0.15, 0.2) is 0 Å². The molecule has 0 unspecified atom stereocenters. The van der Waals surface area contributed by atoms with Crippen LogP contribution in [0.5, 0.6) is 0 Å². The van der Waals surface area contributed by atoms with E-state index in [0.717, 1.165) is 12.2 Å². The van der Waals surface area contributed by atoms with Crippen molar-refractivity contribution in [3.05, 3.63) is 18.2 Å². The number of aryl methyl sites for hydroxylation is 1. The summed E-state index contributed by atoms with van der Waals surface area (Å²) in [4.78, 5) is 19.2. The van der Waals surface area contributed by atoms with Crippen LogP contribution >= 0.6 is 0 Å². The molecular formula is C11H17N7. The number of nitrogens with zero attached hydrogens (tertiary/aromatic N) is 6. The minimum atomic E-state index is 0.541. The van der Waals surface area contributed by atoms with Gasteiger partial charge in [-0.1, -0.05) is 6.92 Å². The second-order valence-corrected chi connectivity index (χ2v) is 3.97. The summed E-state index contributed by atoms with van der Waals surface area (Å²) in [5, 5.41) is 2.94. The molecule has 0 saturated carbocycles. The number of nitrogens with one attached hydrogen (secondary N) is 1. The smallest absolute Gasteiger partial charge is 0.241 e. The third kappa shape index (κ3) is 2.24. The number of aromatic nitrogens is 5. The third-order valence-electron chi connectivity index (χ3n) is 2.48. The average Bonchev–Trinajstić information content (AvgIpc) is 2.86. The van der Waals surface area contributed by atoms with Gasteiger partial charge in [-0.15, -0.1) is 0 Å². The van der Waals surface area contributed by atoms with Gasteiger partial charge in [0.2, 0.25) is 17.8 Å². The van der Waals surface area contributed by atoms with Crippen LogP contribution in [0.4, 0.5) is 11.9 Å². The van der Waals surface area contributed by atoms with Crippen molar-refractivity contribution in [2.45, 2.75) is 13.3 Å². The van der Waals surface area contributed by atoms with Gasteiger partial charge in [0.1, 0.15) is 5.82 Å². The molecule has 0 aliphatic carbocycles. The van der Waals surface area contributed by atoms with Crippen LogP contribution in [0, 0.1) is 0 Å². The van der Waals surface area contributed by atoms with Crippen LogP contribution in [0.1, 0.15) is 12.7 Å². The normalized spacial score (nSPS) is 10.4. The number of rotatable bonds is 4. The predicted octanol–water partition coefficient (Wildman–Crippen LogP) is 0.727. The van der Waals surface area contributed by atoms with Gasteiger partial charge < -0.3 is 10.2 Å². The maximum atomic E-state index is 4.42. The fourth-order valence-electron chi connectivity index (χ4n) is 1.55. The Morgan fingerprint density at radius 2 is 2.06 bits per heavy atom. The van der Waals surface area contributed by atoms with Gasteiger partial charge in [0.05, 0.1) is 0 Å². The second kappa shape index (κ2) is 4.99. The molecule has 0 radical (unpaired) electrons. The van der Waals surface area contributed by atoms with Crippen molar-refractivity contribution < 1.29 is 0 Å². The van der Waals surface area contributed by atoms with E-state index in [0.29, 0.717) is 17.8 Å². The van der Waals surface area contributed by atoms with E-state index in [1.54, 1.807) is 13.2 Å². The van der Waals surface area contributed by atoms with E-state index in [2.05, 4.69) is 25.3 Å². The van der Waals surface area contributed by atoms with Crippen molar-refractivity contribution in [1.29, 1.82) is 0 Å². The highest BCUT2D eigenvalue weighted by Crippen LogP contribution is 2.12. The topological polar surface area (TPSA) is 71.8 Å². The molecule has 0 aliphatic heterocycles. The monoisotopic (exact) mass is 247 g/mol. The fraction of sp³-hybridized carbons (Fsp3) is 0.455. The average molecular weight is 247 g/mol. The van der Waals surface area contributed by atoms with E-state index < -0.39 is 0 Å². The van der Waals surface area contributed by atoms with Crippen LogP contribution in [-0.4, -0.2) is 45.6 Å². The Morgan fingerprint density at radius 3 is 2.67 bits per heavy atom. The summed E-state index contributed by atoms with van der Waals surface area (Å²) in [6.07, 6.45) is 4.43. The lowest BCUT2D eigenvalue weighted by Gasteiger charge is -2.13. The Hall–Kier alpha value is -2.18. The van der Waals surface area contributed by atoms with Crippen LogP contribution in [0.3, 0.4) is 0 Å². The maximum Gasteiger partial charge on any atom is 0.241 e. The Morgan fingerprint density at radius 1 is 1.28 bits per heavy atom. The molecule has 18 heavy (non-hydrogen) atoms. The van der Waals surface area contributed by atoms with E-state index in [-0.39, 0.29) is 0 Å². The zero-order valence-corrected chi connectivity index (χ0v) is 11.0. The lowest BCUT2D eigenvalue weighted by atomic mass is 10.4. The quantitative estimate of drug-likeness (QED) is 0.858. The first-order chi connectivity index (χ1) is 8.65. The molecule has 0 aromatic carbocycles. The lowest BCUT2D eigenvalue weighted by molar-refractivity contribution is 0.816. The summed E-state index contributed by atoms with van der Waals surface area (Å²) in [6, 6.07) is 0. The first-order valence-corrected chi connectivity index (χ1v) is 5.79. The Labute approximate surface area is 106 Å². The molecule has 96 valence electrons. The second-order valence-electron chi connectivity index (χ2n) is 3.97. The molecule has 0 atom stereocenters. The summed E-state index contributed by atoms with van der Waals surface area (Å²) >= 11 is 0. The Kier molecular flexibility index (Phi) is 3.40. The number of imidazole rings is 1. The van der Waals surface area contributed by atoms with Gasteiger partial charge in [-0.05, 0) is 0 Å². The molecule has 0 aliphatic rings. The largest absolute Gasteiger partial charge is 0.357 e. The molecule has 7 nitrogen and oxygen atoms in total. The van der Waals surface area contributed by atoms with Gasteiger partial charge in [0.25, 0.3) is 0 Å². The van der Waals surface area contributed by atoms with Crippen molar-refractivity contribution in [1.82, 2.24) is 24.5 Å². The van der Waals surface area contributed by atoms with E-state index in [4.69, 9.17) is 0 Å². The van der Waals surface area contributed by atoms with Crippen molar-refractivity contribution in [2.24, 2.45) is 0 Å². The molecule has 0 spiro atoms. The molecule has 2 heterocycles. The molecule has 0 fully saturated rings. The van der Waals surface area contributed by atoms with Crippen LogP contribution in [0.2, 0.25) is 0 Å². The standard InChI is InChI=1S/C11H17N7/c1-5-8-13-6-7-18(8)11-15-9(12-2)14-10(16-11)17(3)4/h6-7H,5H2,1-4H3,(H,12,14,15,16). The van der Waals surface area contributed by atoms with Crippen LogP contribution in [0.25, 0.3) is 5.95 Å². The SMILES string of the molecule is CCc1nccn1-c1nc(NC)nc(N(C)C)n1. The molecule has 2 aromatic rings. The first kappa shape index (κ1) is 12.3. The minimum absolute atomic E-state index is 0.541. The number of hydrogen-bond acceptors (Lipinski definition) is 6. The molecule has 0 saturated heterocycles. The van der Waals surface area contributed by atoms with Gasteiger partial charge in [-0.2, -0.15) is 15.0 Å². The van der Waals surface area contributed by atoms with Gasteiger partial charge >= 0.3 is 0 Å². The van der Waals surface area contributed by atoms with Crippen LogP contribution < -0.4 is 10.2 Å². The lowest BCUT2D eigenvalue weighted by Crippen LogP contribution is -2.17. The highest BCUT2D eigenvalue weighted by Gasteiger charge is 2.11. The summed E-state index contributed by atoms with van der Waals surface area (Å²) in [6.45, 7) is 2.05. The summed E-state index contributed by atoms with van der Waals surface area (Å²) < 4.78 is 1.87. The van der Waals surface area contributed by atoms with Crippen LogP contribution in [0.15, 0.2) is 12.4 Å². The van der Waals surface area contributed by atoms with Crippen molar-refractivity contribution in [3.8, 4) is 5.95 Å². The summed E-state index contributed by atoms with van der Waals surface area (Å²) in [5.41, 5.74) is 0. The van der Waals surface area contributed by atoms with E-state index in [1.807, 2.05) is 36.7 Å². The Balaban J connectivity index is 2.53. The highest BCUT2D eigenvalue weighted by molar-refractivity contribution is 5.38. The van der Waals surface area contributed by atoms with Gasteiger partial charge in [-0.25, -0.2) is 4.98 Å². The predicted molar refractivity (Wildman–Crippen MR) is 70.2 cm³/mol. The maximum absolute atomic E-state index is 4.42. The summed E-state index contributed by atoms with van der Waals surface area (Å²) in [7, 11) is 5.58. The highest BCUT2D eigenvalue weighted by atomic mass is 15.3. The number of hydrogen-bond donors (Lipinski definition) is 1. The molecule has 2 aromatic heterocycles. The van der Waals surface area contributed by atoms with Gasteiger partial charge in [0, 0.05) is 40.0 Å². The number of anilines is 2. The van der Waals surface area contributed by atoms with E-state index in [9.17, 15) is 0 Å². The zero-order valence-electron chi connectivity index (χ0n) is 11.0. The van der Waals surface area contributed by atoms with Gasteiger partial charge in [-0.3, -0.25) is 4.57 Å². The summed E-state index contributed by atoms with van der Waals surface area (Å²) in [5.74, 6) is 2.65. The zero-order chi connectivity index (χ0) is 13.1. The fourth-order valence-corrected chi connectivity index (χ4v) is 1.55. The van der Waals surface area contributed by atoms with Crippen molar-refractivity contribution in [3.63, 3.8) is 0 Å². The molecule has 7 heteroatoms. The molecule has 1 N–H and O–H groups in total. The van der Waals surface area contributed by atoms with Crippen molar-refractivity contribution in [2.75, 3.05) is 31.4 Å². The first-order valence-electron chi connectivity index (χ1n) is 5.79. The third-order valence-corrected chi connectivity index (χ3v) is 2.48. The Bertz CT molecular complexity index is 532. The van der Waals surface area contributed by atoms with E-state index in [1.165, 1.54) is 0 Å². The van der Waals surface area contributed by atoms with Crippen molar-refractivity contribution >= 4 is 11.9 Å². The molecular weight excluding hydrogens is 230 g/mol. The van der Waals surface area contributed by atoms with Crippen LogP contribution in [-0.2, 0) is 6.42 Å². The van der Waals surface area contributed by atoms with E-state index >= 15 is 0 Å². The molecule has 0 bridgehead atoms. The molecule has 0 amide bonds. The molecule has 2 rings (SSSR count). The minimum Gasteiger partial charge on any atom is -0.357 e.